The zero-order chi connectivity index (χ0) is 15.5. The number of aromatic nitrogens is 2. The molecule has 0 spiro atoms. The van der Waals surface area contributed by atoms with Crippen molar-refractivity contribution in [1.29, 1.82) is 0 Å². The summed E-state index contributed by atoms with van der Waals surface area (Å²) < 4.78 is 1.69. The molecule has 22 heavy (non-hydrogen) atoms. The topological polar surface area (TPSA) is 38.0 Å². The Bertz CT molecular complexity index is 758. The summed E-state index contributed by atoms with van der Waals surface area (Å²) in [7, 11) is 0. The van der Waals surface area contributed by atoms with Gasteiger partial charge in [-0.2, -0.15) is 5.10 Å². The maximum atomic E-state index is 10.6. The van der Waals surface area contributed by atoms with Gasteiger partial charge < -0.3 is 5.11 Å². The maximum absolute atomic E-state index is 10.6. The van der Waals surface area contributed by atoms with E-state index in [0.717, 1.165) is 28.8 Å². The fraction of sp³-hybridized carbons (Fsp3) is 0.211. The highest BCUT2D eigenvalue weighted by Crippen LogP contribution is 2.38. The van der Waals surface area contributed by atoms with Crippen LogP contribution in [0.1, 0.15) is 18.9 Å². The van der Waals surface area contributed by atoms with Gasteiger partial charge in [-0.05, 0) is 18.9 Å². The minimum Gasteiger partial charge on any atom is -0.493 e. The molecular weight excluding hydrogens is 272 g/mol. The van der Waals surface area contributed by atoms with Crippen LogP contribution < -0.4 is 0 Å². The zero-order valence-corrected chi connectivity index (χ0v) is 13.0. The molecule has 0 atom stereocenters. The summed E-state index contributed by atoms with van der Waals surface area (Å²) in [6.07, 6.45) is 0.927. The van der Waals surface area contributed by atoms with Crippen molar-refractivity contribution in [3.8, 4) is 28.3 Å². The Balaban J connectivity index is 2.20. The lowest BCUT2D eigenvalue weighted by Crippen LogP contribution is -1.98. The van der Waals surface area contributed by atoms with E-state index in [1.165, 1.54) is 5.56 Å². The molecule has 1 N–H and O–H groups in total. The summed E-state index contributed by atoms with van der Waals surface area (Å²) in [4.78, 5) is 0. The van der Waals surface area contributed by atoms with Gasteiger partial charge in [0.1, 0.15) is 5.69 Å². The lowest BCUT2D eigenvalue weighted by molar-refractivity contribution is 0.399. The van der Waals surface area contributed by atoms with Crippen LogP contribution in [-0.2, 0) is 6.54 Å². The zero-order valence-electron chi connectivity index (χ0n) is 13.0. The van der Waals surface area contributed by atoms with Gasteiger partial charge in [-0.3, -0.25) is 0 Å². The fourth-order valence-corrected chi connectivity index (χ4v) is 2.60. The minimum absolute atomic E-state index is 0.240. The summed E-state index contributed by atoms with van der Waals surface area (Å²) in [5.74, 6) is 0.240. The van der Waals surface area contributed by atoms with Gasteiger partial charge in [0.15, 0.2) is 0 Å². The molecule has 0 fully saturated rings. The number of aryl methyl sites for hydroxylation is 2. The Labute approximate surface area is 130 Å². The number of hydrogen-bond donors (Lipinski definition) is 1. The van der Waals surface area contributed by atoms with E-state index >= 15 is 0 Å². The summed E-state index contributed by atoms with van der Waals surface area (Å²) >= 11 is 0. The predicted octanol–water partition coefficient (Wildman–Crippen LogP) is 4.64. The van der Waals surface area contributed by atoms with Gasteiger partial charge in [0.2, 0.25) is 5.88 Å². The van der Waals surface area contributed by atoms with E-state index in [2.05, 4.69) is 31.1 Å². The van der Waals surface area contributed by atoms with Gasteiger partial charge >= 0.3 is 0 Å². The van der Waals surface area contributed by atoms with Gasteiger partial charge in [0, 0.05) is 12.1 Å². The van der Waals surface area contributed by atoms with Crippen molar-refractivity contribution in [2.24, 2.45) is 0 Å². The molecule has 2 aromatic carbocycles. The third kappa shape index (κ3) is 2.62. The molecule has 3 aromatic rings. The van der Waals surface area contributed by atoms with E-state index in [1.807, 2.05) is 42.5 Å². The second-order valence-electron chi connectivity index (χ2n) is 5.50. The smallest absolute Gasteiger partial charge is 0.218 e. The second kappa shape index (κ2) is 6.06. The molecule has 0 saturated heterocycles. The molecular formula is C19H20N2O. The Morgan fingerprint density at radius 3 is 2.27 bits per heavy atom. The third-order valence-corrected chi connectivity index (χ3v) is 3.75. The highest BCUT2D eigenvalue weighted by molar-refractivity contribution is 5.84. The van der Waals surface area contributed by atoms with Gasteiger partial charge in [0.05, 0.1) is 5.56 Å². The first-order valence-electron chi connectivity index (χ1n) is 7.63. The van der Waals surface area contributed by atoms with Crippen molar-refractivity contribution in [2.45, 2.75) is 26.8 Å². The van der Waals surface area contributed by atoms with Gasteiger partial charge in [-0.15, -0.1) is 0 Å². The van der Waals surface area contributed by atoms with E-state index in [4.69, 9.17) is 0 Å². The van der Waals surface area contributed by atoms with E-state index in [9.17, 15) is 5.11 Å². The highest BCUT2D eigenvalue weighted by atomic mass is 16.3. The molecule has 1 heterocycles. The van der Waals surface area contributed by atoms with Crippen LogP contribution in [-0.4, -0.2) is 14.9 Å². The average Bonchev–Trinajstić information content (AvgIpc) is 2.87. The van der Waals surface area contributed by atoms with Crippen molar-refractivity contribution in [3.63, 3.8) is 0 Å². The second-order valence-corrected chi connectivity index (χ2v) is 5.50. The van der Waals surface area contributed by atoms with Crippen molar-refractivity contribution < 1.29 is 5.11 Å². The van der Waals surface area contributed by atoms with Gasteiger partial charge in [-0.25, -0.2) is 4.68 Å². The molecule has 112 valence electrons. The Hall–Kier alpha value is -2.55. The average molecular weight is 292 g/mol. The molecule has 3 rings (SSSR count). The largest absolute Gasteiger partial charge is 0.493 e. The standard InChI is InChI=1S/C19H20N2O/c1-3-13-21-19(22)17(15-11-9-14(2)10-12-15)18(20-21)16-7-5-4-6-8-16/h4-12,22H,3,13H2,1-2H3. The molecule has 0 unspecified atom stereocenters. The lowest BCUT2D eigenvalue weighted by Gasteiger charge is -2.04. The molecule has 0 aliphatic heterocycles. The Morgan fingerprint density at radius 1 is 0.955 bits per heavy atom. The van der Waals surface area contributed by atoms with Crippen LogP contribution in [0.4, 0.5) is 0 Å². The number of hydrogen-bond acceptors (Lipinski definition) is 2. The molecule has 3 heteroatoms. The molecule has 3 nitrogen and oxygen atoms in total. The first-order valence-corrected chi connectivity index (χ1v) is 7.63. The number of benzene rings is 2. The quantitative estimate of drug-likeness (QED) is 0.760. The minimum atomic E-state index is 0.240. The Kier molecular flexibility index (Phi) is 3.96. The molecule has 1 aromatic heterocycles. The van der Waals surface area contributed by atoms with Crippen LogP contribution in [0.5, 0.6) is 5.88 Å². The molecule has 0 aliphatic carbocycles. The molecule has 0 radical (unpaired) electrons. The SMILES string of the molecule is CCCn1nc(-c2ccccc2)c(-c2ccc(C)cc2)c1O. The van der Waals surface area contributed by atoms with Crippen LogP contribution in [0.2, 0.25) is 0 Å². The van der Waals surface area contributed by atoms with Crippen molar-refractivity contribution in [1.82, 2.24) is 9.78 Å². The maximum Gasteiger partial charge on any atom is 0.218 e. The van der Waals surface area contributed by atoms with Crippen LogP contribution >= 0.6 is 0 Å². The monoisotopic (exact) mass is 292 g/mol. The van der Waals surface area contributed by atoms with Crippen molar-refractivity contribution >= 4 is 0 Å². The normalized spacial score (nSPS) is 10.8. The first-order chi connectivity index (χ1) is 10.7. The molecule has 0 saturated carbocycles. The molecule has 0 aliphatic rings. The fourth-order valence-electron chi connectivity index (χ4n) is 2.60. The van der Waals surface area contributed by atoms with Gasteiger partial charge in [-0.1, -0.05) is 67.1 Å². The summed E-state index contributed by atoms with van der Waals surface area (Å²) in [6.45, 7) is 4.84. The number of nitrogens with zero attached hydrogens (tertiary/aromatic N) is 2. The van der Waals surface area contributed by atoms with Crippen LogP contribution in [0, 0.1) is 6.92 Å². The number of aromatic hydroxyl groups is 1. The van der Waals surface area contributed by atoms with Crippen LogP contribution in [0.3, 0.4) is 0 Å². The molecule has 0 amide bonds. The van der Waals surface area contributed by atoms with E-state index < -0.39 is 0 Å². The summed E-state index contributed by atoms with van der Waals surface area (Å²) in [5, 5.41) is 15.3. The molecule has 0 bridgehead atoms. The first kappa shape index (κ1) is 14.4. The summed E-state index contributed by atoms with van der Waals surface area (Å²) in [5.41, 5.74) is 4.84. The third-order valence-electron chi connectivity index (χ3n) is 3.75. The summed E-state index contributed by atoms with van der Waals surface area (Å²) in [6, 6.07) is 18.2. The van der Waals surface area contributed by atoms with E-state index in [-0.39, 0.29) is 5.88 Å². The number of rotatable bonds is 4. The van der Waals surface area contributed by atoms with Crippen molar-refractivity contribution in [2.75, 3.05) is 0 Å². The van der Waals surface area contributed by atoms with Gasteiger partial charge in [0.25, 0.3) is 0 Å². The lowest BCUT2D eigenvalue weighted by atomic mass is 10.0. The van der Waals surface area contributed by atoms with E-state index in [0.29, 0.717) is 6.54 Å². The van der Waals surface area contributed by atoms with Crippen molar-refractivity contribution in [3.05, 3.63) is 60.2 Å². The van der Waals surface area contributed by atoms with Crippen LogP contribution in [0.15, 0.2) is 54.6 Å². The highest BCUT2D eigenvalue weighted by Gasteiger charge is 2.19. The predicted molar refractivity (Wildman–Crippen MR) is 89.8 cm³/mol. The van der Waals surface area contributed by atoms with E-state index in [1.54, 1.807) is 4.68 Å². The van der Waals surface area contributed by atoms with Crippen LogP contribution in [0.25, 0.3) is 22.4 Å². The Morgan fingerprint density at radius 2 is 1.64 bits per heavy atom.